The first kappa shape index (κ1) is 33.1. The van der Waals surface area contributed by atoms with Crippen molar-refractivity contribution in [2.45, 2.75) is 76.4 Å². The lowest BCUT2D eigenvalue weighted by Gasteiger charge is -2.34. The van der Waals surface area contributed by atoms with Crippen molar-refractivity contribution in [3.05, 3.63) is 92.4 Å². The number of hydrogen-bond donors (Lipinski definition) is 1. The summed E-state index contributed by atoms with van der Waals surface area (Å²) in [5.74, 6) is -0.878. The smallest absolute Gasteiger partial charge is 0.264 e. The Bertz CT molecular complexity index is 1550. The first-order valence-electron chi connectivity index (χ1n) is 14.3. The molecule has 7 nitrogen and oxygen atoms in total. The lowest BCUT2D eigenvalue weighted by Crippen LogP contribution is -2.53. The van der Waals surface area contributed by atoms with Gasteiger partial charge in [0, 0.05) is 33.2 Å². The van der Waals surface area contributed by atoms with E-state index in [4.69, 9.17) is 34.8 Å². The SMILES string of the molecule is CC[C@H](C(=O)NC1CCCC1)N(Cc1c(Cl)cccc1Cl)C(=O)CN(c1cccc(Cl)c1C)S(=O)(=O)c1ccc(C)cc1. The Labute approximate surface area is 269 Å². The molecule has 43 heavy (non-hydrogen) atoms. The summed E-state index contributed by atoms with van der Waals surface area (Å²) in [5.41, 5.74) is 2.13. The van der Waals surface area contributed by atoms with Crippen molar-refractivity contribution in [1.82, 2.24) is 10.2 Å². The topological polar surface area (TPSA) is 86.8 Å². The summed E-state index contributed by atoms with van der Waals surface area (Å²) < 4.78 is 29.3. The molecule has 4 rings (SSSR count). The number of hydrogen-bond acceptors (Lipinski definition) is 4. The zero-order valence-corrected chi connectivity index (χ0v) is 27.5. The van der Waals surface area contributed by atoms with E-state index in [1.165, 1.54) is 17.0 Å². The number of benzene rings is 3. The van der Waals surface area contributed by atoms with E-state index >= 15 is 0 Å². The van der Waals surface area contributed by atoms with Crippen LogP contribution >= 0.6 is 34.8 Å². The molecule has 0 unspecified atom stereocenters. The molecule has 0 saturated heterocycles. The fourth-order valence-corrected chi connectivity index (χ4v) is 7.52. The maximum absolute atomic E-state index is 14.3. The third-order valence-electron chi connectivity index (χ3n) is 7.87. The fourth-order valence-electron chi connectivity index (χ4n) is 5.36. The molecule has 0 aromatic heterocycles. The number of carbonyl (C=O) groups excluding carboxylic acids is 2. The minimum absolute atomic E-state index is 0.0250. The number of nitrogens with zero attached hydrogens (tertiary/aromatic N) is 2. The van der Waals surface area contributed by atoms with E-state index < -0.39 is 28.5 Å². The first-order valence-corrected chi connectivity index (χ1v) is 16.9. The van der Waals surface area contributed by atoms with Crippen LogP contribution < -0.4 is 9.62 Å². The van der Waals surface area contributed by atoms with Crippen LogP contribution in [0.1, 0.15) is 55.7 Å². The van der Waals surface area contributed by atoms with Crippen LogP contribution in [-0.4, -0.2) is 43.8 Å². The molecule has 11 heteroatoms. The zero-order chi connectivity index (χ0) is 31.3. The molecule has 0 aliphatic heterocycles. The summed E-state index contributed by atoms with van der Waals surface area (Å²) in [6.45, 7) is 4.71. The lowest BCUT2D eigenvalue weighted by atomic mass is 10.1. The maximum Gasteiger partial charge on any atom is 0.264 e. The Kier molecular flexibility index (Phi) is 11.0. The van der Waals surface area contributed by atoms with E-state index in [1.807, 2.05) is 13.8 Å². The average molecular weight is 665 g/mol. The number of nitrogens with one attached hydrogen (secondary N) is 1. The zero-order valence-electron chi connectivity index (χ0n) is 24.4. The highest BCUT2D eigenvalue weighted by molar-refractivity contribution is 7.92. The van der Waals surface area contributed by atoms with Crippen molar-refractivity contribution in [3.63, 3.8) is 0 Å². The predicted octanol–water partition coefficient (Wildman–Crippen LogP) is 7.33. The number of anilines is 1. The average Bonchev–Trinajstić information content (AvgIpc) is 3.48. The van der Waals surface area contributed by atoms with E-state index in [0.717, 1.165) is 35.6 Å². The van der Waals surface area contributed by atoms with Gasteiger partial charge in [0.25, 0.3) is 10.0 Å². The standard InChI is InChI=1S/C32H36Cl3N3O4S/c1-4-29(32(40)36-23-9-5-6-10-23)37(19-25-27(34)12-7-13-28(25)35)31(39)20-38(30-14-8-11-26(33)22(30)3)43(41,42)24-17-15-21(2)16-18-24/h7-8,11-18,23,29H,4-6,9-10,19-20H2,1-3H3,(H,36,40)/t29-/m1/s1. The first-order chi connectivity index (χ1) is 20.4. The van der Waals surface area contributed by atoms with Crippen LogP contribution in [0.15, 0.2) is 65.6 Å². The molecule has 0 radical (unpaired) electrons. The van der Waals surface area contributed by atoms with Crippen molar-refractivity contribution in [1.29, 1.82) is 0 Å². The third kappa shape index (κ3) is 7.66. The number of amides is 2. The van der Waals surface area contributed by atoms with Crippen molar-refractivity contribution in [3.8, 4) is 0 Å². The Hall–Kier alpha value is -2.78. The number of sulfonamides is 1. The van der Waals surface area contributed by atoms with Gasteiger partial charge in [0.05, 0.1) is 10.6 Å². The number of aryl methyl sites for hydroxylation is 1. The quantitative estimate of drug-likeness (QED) is 0.233. The molecular weight excluding hydrogens is 629 g/mol. The Morgan fingerprint density at radius 2 is 1.49 bits per heavy atom. The van der Waals surface area contributed by atoms with Gasteiger partial charge in [0.1, 0.15) is 12.6 Å². The molecule has 0 spiro atoms. The van der Waals surface area contributed by atoms with Crippen LogP contribution in [0.3, 0.4) is 0 Å². The van der Waals surface area contributed by atoms with Gasteiger partial charge in [-0.2, -0.15) is 0 Å². The van der Waals surface area contributed by atoms with Gasteiger partial charge >= 0.3 is 0 Å². The highest BCUT2D eigenvalue weighted by Gasteiger charge is 2.35. The van der Waals surface area contributed by atoms with Crippen molar-refractivity contribution in [2.24, 2.45) is 0 Å². The van der Waals surface area contributed by atoms with Gasteiger partial charge in [0.2, 0.25) is 11.8 Å². The highest BCUT2D eigenvalue weighted by Crippen LogP contribution is 2.32. The summed E-state index contributed by atoms with van der Waals surface area (Å²) in [6, 6.07) is 15.5. The molecule has 1 fully saturated rings. The maximum atomic E-state index is 14.3. The second kappa shape index (κ2) is 14.3. The minimum Gasteiger partial charge on any atom is -0.352 e. The Balaban J connectivity index is 1.78. The molecular formula is C32H36Cl3N3O4S. The molecule has 2 amide bonds. The van der Waals surface area contributed by atoms with Crippen molar-refractivity contribution < 1.29 is 18.0 Å². The monoisotopic (exact) mass is 663 g/mol. The number of halogens is 3. The van der Waals surface area contributed by atoms with Crippen LogP contribution in [-0.2, 0) is 26.2 Å². The van der Waals surface area contributed by atoms with Crippen molar-refractivity contribution >= 4 is 62.3 Å². The van der Waals surface area contributed by atoms with Crippen molar-refractivity contribution in [2.75, 3.05) is 10.8 Å². The summed E-state index contributed by atoms with van der Waals surface area (Å²) >= 11 is 19.4. The van der Waals surface area contributed by atoms with Gasteiger partial charge in [-0.15, -0.1) is 0 Å². The summed E-state index contributed by atoms with van der Waals surface area (Å²) in [7, 11) is -4.22. The van der Waals surface area contributed by atoms with Crippen LogP contribution in [0.25, 0.3) is 0 Å². The molecule has 1 aliphatic rings. The van der Waals surface area contributed by atoms with Gasteiger partial charge in [0.15, 0.2) is 0 Å². The Morgan fingerprint density at radius 1 is 0.907 bits per heavy atom. The third-order valence-corrected chi connectivity index (χ3v) is 10.8. The molecule has 3 aromatic carbocycles. The van der Waals surface area contributed by atoms with Gasteiger partial charge in [-0.25, -0.2) is 8.42 Å². The molecule has 1 atom stereocenters. The minimum atomic E-state index is -4.22. The van der Waals surface area contributed by atoms with Gasteiger partial charge in [-0.3, -0.25) is 13.9 Å². The second-order valence-corrected chi connectivity index (χ2v) is 13.9. The van der Waals surface area contributed by atoms with Gasteiger partial charge in [-0.1, -0.05) is 84.4 Å². The predicted molar refractivity (Wildman–Crippen MR) is 173 cm³/mol. The molecule has 0 heterocycles. The molecule has 1 aliphatic carbocycles. The summed E-state index contributed by atoms with van der Waals surface area (Å²) in [5, 5.41) is 4.13. The van der Waals surface area contributed by atoms with E-state index in [9.17, 15) is 18.0 Å². The van der Waals surface area contributed by atoms with Crippen LogP contribution in [0.4, 0.5) is 5.69 Å². The molecule has 1 saturated carbocycles. The lowest BCUT2D eigenvalue weighted by molar-refractivity contribution is -0.140. The largest absolute Gasteiger partial charge is 0.352 e. The van der Waals surface area contributed by atoms with E-state index in [0.29, 0.717) is 32.6 Å². The highest BCUT2D eigenvalue weighted by atomic mass is 35.5. The molecule has 3 aromatic rings. The number of rotatable bonds is 11. The molecule has 1 N–H and O–H groups in total. The van der Waals surface area contributed by atoms with E-state index in [-0.39, 0.29) is 29.1 Å². The normalized spacial score (nSPS) is 14.4. The van der Waals surface area contributed by atoms with Gasteiger partial charge in [-0.05, 0) is 75.1 Å². The van der Waals surface area contributed by atoms with Gasteiger partial charge < -0.3 is 10.2 Å². The van der Waals surface area contributed by atoms with Crippen LogP contribution in [0, 0.1) is 13.8 Å². The van der Waals surface area contributed by atoms with E-state index in [1.54, 1.807) is 55.5 Å². The van der Waals surface area contributed by atoms with Crippen LogP contribution in [0.5, 0.6) is 0 Å². The summed E-state index contributed by atoms with van der Waals surface area (Å²) in [6.07, 6.45) is 4.12. The van der Waals surface area contributed by atoms with E-state index in [2.05, 4.69) is 5.32 Å². The fraction of sp³-hybridized carbons (Fsp3) is 0.375. The summed E-state index contributed by atoms with van der Waals surface area (Å²) in [4.78, 5) is 29.4. The second-order valence-electron chi connectivity index (χ2n) is 10.8. The molecule has 230 valence electrons. The number of carbonyl (C=O) groups is 2. The molecule has 0 bridgehead atoms. The Morgan fingerprint density at radius 3 is 2.09 bits per heavy atom. The van der Waals surface area contributed by atoms with Crippen LogP contribution in [0.2, 0.25) is 15.1 Å².